The Bertz CT molecular complexity index is 740. The van der Waals surface area contributed by atoms with Crippen LogP contribution in [0, 0.1) is 12.3 Å². The minimum atomic E-state index is -0.496. The lowest BCUT2D eigenvalue weighted by atomic mass is 10.1. The van der Waals surface area contributed by atoms with Crippen LogP contribution in [-0.4, -0.2) is 35.3 Å². The Morgan fingerprint density at radius 3 is 3.04 bits per heavy atom. The van der Waals surface area contributed by atoms with Crippen LogP contribution in [0.25, 0.3) is 11.0 Å². The van der Waals surface area contributed by atoms with Crippen LogP contribution in [0.4, 0.5) is 0 Å². The molecule has 0 aliphatic carbocycles. The molecule has 0 bridgehead atoms. The van der Waals surface area contributed by atoms with Crippen molar-refractivity contribution >= 4 is 23.2 Å². The number of nitrogens with zero attached hydrogens (tertiary/aromatic N) is 2. The van der Waals surface area contributed by atoms with Crippen molar-refractivity contribution in [1.82, 2.24) is 15.3 Å². The molecule has 2 rings (SSSR count). The highest BCUT2D eigenvalue weighted by Crippen LogP contribution is 2.14. The number of pyridine rings is 2. The van der Waals surface area contributed by atoms with Crippen LogP contribution in [0.15, 0.2) is 36.2 Å². The molecule has 0 radical (unpaired) electrons. The Kier molecular flexibility index (Phi) is 5.80. The van der Waals surface area contributed by atoms with E-state index in [-0.39, 0.29) is 5.57 Å². The fourth-order valence-electron chi connectivity index (χ4n) is 2.15. The molecule has 2 aromatic heterocycles. The van der Waals surface area contributed by atoms with Crippen molar-refractivity contribution in [3.05, 3.63) is 47.4 Å². The molecule has 6 heteroatoms. The van der Waals surface area contributed by atoms with Gasteiger partial charge in [-0.05, 0) is 44.0 Å². The van der Waals surface area contributed by atoms with Crippen molar-refractivity contribution in [3.8, 4) is 0 Å². The topological polar surface area (TPSA) is 88.0 Å². The molecule has 0 aliphatic heterocycles. The smallest absolute Gasteiger partial charge is 0.341 e. The number of hydrogen-bond acceptors (Lipinski definition) is 6. The molecule has 0 amide bonds. The normalized spacial score (nSPS) is 11.3. The summed E-state index contributed by atoms with van der Waals surface area (Å²) in [6.07, 6.45) is 4.99. The van der Waals surface area contributed by atoms with Gasteiger partial charge in [0.05, 0.1) is 12.2 Å². The number of carbonyl (C=O) groups excluding carboxylic acids is 1. The van der Waals surface area contributed by atoms with Crippen LogP contribution in [-0.2, 0) is 16.0 Å². The first-order valence-electron chi connectivity index (χ1n) is 7.48. The van der Waals surface area contributed by atoms with Gasteiger partial charge >= 0.3 is 5.97 Å². The number of aryl methyl sites for hydroxylation is 1. The second-order valence-corrected chi connectivity index (χ2v) is 4.95. The van der Waals surface area contributed by atoms with E-state index in [1.807, 2.05) is 19.1 Å². The van der Waals surface area contributed by atoms with Crippen molar-refractivity contribution in [3.63, 3.8) is 0 Å². The second-order valence-electron chi connectivity index (χ2n) is 4.95. The van der Waals surface area contributed by atoms with E-state index >= 15 is 0 Å². The lowest BCUT2D eigenvalue weighted by molar-refractivity contribution is -0.137. The van der Waals surface area contributed by atoms with E-state index in [1.165, 1.54) is 6.20 Å². The van der Waals surface area contributed by atoms with Gasteiger partial charge in [-0.25, -0.2) is 14.8 Å². The Morgan fingerprint density at radius 2 is 2.30 bits per heavy atom. The molecule has 0 unspecified atom stereocenters. The van der Waals surface area contributed by atoms with E-state index in [4.69, 9.17) is 10.1 Å². The summed E-state index contributed by atoms with van der Waals surface area (Å²) < 4.78 is 4.86. The van der Waals surface area contributed by atoms with Crippen LogP contribution in [0.3, 0.4) is 0 Å². The van der Waals surface area contributed by atoms with Crippen molar-refractivity contribution in [2.45, 2.75) is 20.3 Å². The van der Waals surface area contributed by atoms with Gasteiger partial charge in [0, 0.05) is 36.2 Å². The van der Waals surface area contributed by atoms with Gasteiger partial charge in [0.25, 0.3) is 0 Å². The van der Waals surface area contributed by atoms with Gasteiger partial charge < -0.3 is 15.5 Å². The number of rotatable bonds is 7. The number of nitrogens with one attached hydrogen (secondary N) is 2. The Labute approximate surface area is 135 Å². The third-order valence-electron chi connectivity index (χ3n) is 3.35. The molecule has 2 aromatic rings. The van der Waals surface area contributed by atoms with Crippen molar-refractivity contribution in [1.29, 1.82) is 5.41 Å². The Morgan fingerprint density at radius 1 is 1.48 bits per heavy atom. The minimum Gasteiger partial charge on any atom is -0.462 e. The van der Waals surface area contributed by atoms with Gasteiger partial charge in [-0.15, -0.1) is 0 Å². The summed E-state index contributed by atoms with van der Waals surface area (Å²) in [6, 6.07) is 5.96. The largest absolute Gasteiger partial charge is 0.462 e. The standard InChI is InChI=1S/C17H20N4O2/c1-3-23-17(22)15(10-18)11-19-8-6-13-9-14-5-4-7-20-16(14)21-12(13)2/h4-5,7,9-11,18-19H,3,6,8H2,1-2H3/b15-11+,18-10?. The van der Waals surface area contributed by atoms with Crippen molar-refractivity contribution in [2.24, 2.45) is 0 Å². The van der Waals surface area contributed by atoms with E-state index < -0.39 is 5.97 Å². The summed E-state index contributed by atoms with van der Waals surface area (Å²) in [7, 11) is 0. The molecule has 0 saturated carbocycles. The quantitative estimate of drug-likeness (QED) is 0.354. The molecule has 2 heterocycles. The fraction of sp³-hybridized carbons (Fsp3) is 0.294. The maximum atomic E-state index is 11.5. The van der Waals surface area contributed by atoms with Gasteiger partial charge in [-0.2, -0.15) is 0 Å². The third-order valence-corrected chi connectivity index (χ3v) is 3.35. The predicted octanol–water partition coefficient (Wildman–Crippen LogP) is 2.17. The SMILES string of the molecule is CCOC(=O)/C(C=N)=C/NCCc1cc2cccnc2nc1C. The average Bonchev–Trinajstić information content (AvgIpc) is 2.55. The lowest BCUT2D eigenvalue weighted by Crippen LogP contribution is -2.16. The lowest BCUT2D eigenvalue weighted by Gasteiger charge is -2.08. The molecule has 0 fully saturated rings. The number of hydrogen-bond donors (Lipinski definition) is 2. The number of ether oxygens (including phenoxy) is 1. The van der Waals surface area contributed by atoms with Crippen LogP contribution in [0.5, 0.6) is 0 Å². The minimum absolute atomic E-state index is 0.199. The maximum Gasteiger partial charge on any atom is 0.341 e. The van der Waals surface area contributed by atoms with E-state index in [9.17, 15) is 4.79 Å². The number of fused-ring (bicyclic) bond motifs is 1. The summed E-state index contributed by atoms with van der Waals surface area (Å²) in [4.78, 5) is 20.3. The zero-order valence-corrected chi connectivity index (χ0v) is 13.3. The van der Waals surface area contributed by atoms with E-state index in [1.54, 1.807) is 13.1 Å². The van der Waals surface area contributed by atoms with Crippen molar-refractivity contribution in [2.75, 3.05) is 13.2 Å². The van der Waals surface area contributed by atoms with Gasteiger partial charge in [0.15, 0.2) is 5.65 Å². The molecular formula is C17H20N4O2. The van der Waals surface area contributed by atoms with Gasteiger partial charge in [-0.1, -0.05) is 0 Å². The average molecular weight is 312 g/mol. The predicted molar refractivity (Wildman–Crippen MR) is 89.5 cm³/mol. The molecule has 0 aliphatic rings. The first kappa shape index (κ1) is 16.6. The number of carbonyl (C=O) groups is 1. The highest BCUT2D eigenvalue weighted by Gasteiger charge is 2.07. The van der Waals surface area contributed by atoms with Crippen LogP contribution >= 0.6 is 0 Å². The first-order chi connectivity index (χ1) is 11.2. The first-order valence-corrected chi connectivity index (χ1v) is 7.48. The van der Waals surface area contributed by atoms with Gasteiger partial charge in [0.2, 0.25) is 0 Å². The van der Waals surface area contributed by atoms with Crippen LogP contribution in [0.1, 0.15) is 18.2 Å². The zero-order chi connectivity index (χ0) is 16.7. The molecule has 2 N–H and O–H groups in total. The Balaban J connectivity index is 1.99. The van der Waals surface area contributed by atoms with E-state index in [2.05, 4.69) is 21.4 Å². The van der Waals surface area contributed by atoms with Crippen LogP contribution in [0.2, 0.25) is 0 Å². The molecule has 0 spiro atoms. The highest BCUT2D eigenvalue weighted by molar-refractivity contribution is 6.08. The summed E-state index contributed by atoms with van der Waals surface area (Å²) >= 11 is 0. The number of esters is 1. The second kappa shape index (κ2) is 8.03. The van der Waals surface area contributed by atoms with Gasteiger partial charge in [-0.3, -0.25) is 0 Å². The fourth-order valence-corrected chi connectivity index (χ4v) is 2.15. The summed E-state index contributed by atoms with van der Waals surface area (Å²) in [5, 5.41) is 11.3. The molecule has 0 aromatic carbocycles. The van der Waals surface area contributed by atoms with E-state index in [0.717, 1.165) is 34.9 Å². The molecule has 6 nitrogen and oxygen atoms in total. The number of aromatic nitrogens is 2. The molecule has 0 saturated heterocycles. The molecule has 0 atom stereocenters. The van der Waals surface area contributed by atoms with Crippen LogP contribution < -0.4 is 5.32 Å². The summed E-state index contributed by atoms with van der Waals surface area (Å²) in [5.74, 6) is -0.496. The molecule has 23 heavy (non-hydrogen) atoms. The monoisotopic (exact) mass is 312 g/mol. The van der Waals surface area contributed by atoms with Gasteiger partial charge in [0.1, 0.15) is 0 Å². The summed E-state index contributed by atoms with van der Waals surface area (Å²) in [6.45, 7) is 4.61. The zero-order valence-electron chi connectivity index (χ0n) is 13.3. The highest BCUT2D eigenvalue weighted by atomic mass is 16.5. The maximum absolute atomic E-state index is 11.5. The summed E-state index contributed by atoms with van der Waals surface area (Å²) in [5.41, 5.74) is 3.01. The molecule has 120 valence electrons. The Hall–Kier alpha value is -2.76. The third kappa shape index (κ3) is 4.35. The van der Waals surface area contributed by atoms with Crippen molar-refractivity contribution < 1.29 is 9.53 Å². The van der Waals surface area contributed by atoms with E-state index in [0.29, 0.717) is 13.2 Å². The molecular weight excluding hydrogens is 292 g/mol.